The van der Waals surface area contributed by atoms with E-state index in [1.807, 2.05) is 24.3 Å². The zero-order valence-corrected chi connectivity index (χ0v) is 14.9. The number of aromatic amines is 1. The molecule has 2 aromatic carbocycles. The van der Waals surface area contributed by atoms with Gasteiger partial charge in [-0.3, -0.25) is 0 Å². The Kier molecular flexibility index (Phi) is 4.75. The van der Waals surface area contributed by atoms with Crippen LogP contribution in [0.15, 0.2) is 48.5 Å². The molecule has 136 valence electrons. The van der Waals surface area contributed by atoms with Crippen molar-refractivity contribution >= 4 is 22.8 Å². The van der Waals surface area contributed by atoms with Crippen molar-refractivity contribution in [3.8, 4) is 6.07 Å². The predicted octanol–water partition coefficient (Wildman–Crippen LogP) is 4.28. The summed E-state index contributed by atoms with van der Waals surface area (Å²) in [5.41, 5.74) is 3.29. The SMILES string of the molecule is N#Cc1ccc(NC(=O)N[C@@H]2CCC[C@H](c3nc4ccccc4[nH]3)C2)cc1. The van der Waals surface area contributed by atoms with E-state index in [4.69, 9.17) is 10.2 Å². The lowest BCUT2D eigenvalue weighted by Gasteiger charge is -2.28. The van der Waals surface area contributed by atoms with E-state index in [-0.39, 0.29) is 12.1 Å². The number of aromatic nitrogens is 2. The Morgan fingerprint density at radius 2 is 1.96 bits per heavy atom. The summed E-state index contributed by atoms with van der Waals surface area (Å²) in [6.45, 7) is 0. The maximum Gasteiger partial charge on any atom is 0.319 e. The third-order valence-electron chi connectivity index (χ3n) is 5.08. The van der Waals surface area contributed by atoms with Gasteiger partial charge in [-0.15, -0.1) is 0 Å². The van der Waals surface area contributed by atoms with Gasteiger partial charge in [-0.2, -0.15) is 5.26 Å². The number of anilines is 1. The van der Waals surface area contributed by atoms with E-state index < -0.39 is 0 Å². The number of fused-ring (bicyclic) bond motifs is 1. The van der Waals surface area contributed by atoms with Gasteiger partial charge in [0.1, 0.15) is 5.82 Å². The number of nitrogens with one attached hydrogen (secondary N) is 3. The van der Waals surface area contributed by atoms with Crippen LogP contribution in [0.4, 0.5) is 10.5 Å². The van der Waals surface area contributed by atoms with E-state index in [9.17, 15) is 4.79 Å². The summed E-state index contributed by atoms with van der Waals surface area (Å²) < 4.78 is 0. The van der Waals surface area contributed by atoms with Gasteiger partial charge in [-0.25, -0.2) is 9.78 Å². The molecule has 0 saturated heterocycles. The summed E-state index contributed by atoms with van der Waals surface area (Å²) in [7, 11) is 0. The lowest BCUT2D eigenvalue weighted by Crippen LogP contribution is -2.40. The van der Waals surface area contributed by atoms with Gasteiger partial charge in [0.25, 0.3) is 0 Å². The van der Waals surface area contributed by atoms with E-state index in [0.717, 1.165) is 42.5 Å². The highest BCUT2D eigenvalue weighted by Crippen LogP contribution is 2.32. The minimum Gasteiger partial charge on any atom is -0.342 e. The van der Waals surface area contributed by atoms with E-state index in [1.54, 1.807) is 24.3 Å². The molecule has 1 aliphatic carbocycles. The molecule has 0 radical (unpaired) electrons. The number of para-hydroxylation sites is 2. The smallest absolute Gasteiger partial charge is 0.319 e. The highest BCUT2D eigenvalue weighted by atomic mass is 16.2. The first-order valence-corrected chi connectivity index (χ1v) is 9.23. The molecule has 0 unspecified atom stereocenters. The first-order valence-electron chi connectivity index (χ1n) is 9.23. The molecule has 6 nitrogen and oxygen atoms in total. The standard InChI is InChI=1S/C21H21N5O/c22-13-14-8-10-16(11-9-14)23-21(27)24-17-5-3-4-15(12-17)20-25-18-6-1-2-7-19(18)26-20/h1-2,6-11,15,17H,3-5,12H2,(H,25,26)(H2,23,24,27)/t15-,17+/m0/s1. The second-order valence-electron chi connectivity index (χ2n) is 6.99. The van der Waals surface area contributed by atoms with Crippen molar-refractivity contribution < 1.29 is 4.79 Å². The maximum absolute atomic E-state index is 12.3. The van der Waals surface area contributed by atoms with Crippen LogP contribution in [-0.2, 0) is 0 Å². The summed E-state index contributed by atoms with van der Waals surface area (Å²) in [5, 5.41) is 14.7. The van der Waals surface area contributed by atoms with Gasteiger partial charge in [-0.05, 0) is 55.7 Å². The lowest BCUT2D eigenvalue weighted by molar-refractivity contribution is 0.242. The van der Waals surface area contributed by atoms with Gasteiger partial charge in [0.15, 0.2) is 0 Å². The molecule has 3 N–H and O–H groups in total. The van der Waals surface area contributed by atoms with Crippen molar-refractivity contribution in [3.63, 3.8) is 0 Å². The average molecular weight is 359 g/mol. The van der Waals surface area contributed by atoms with Gasteiger partial charge < -0.3 is 15.6 Å². The molecule has 1 saturated carbocycles. The number of nitriles is 1. The third kappa shape index (κ3) is 3.93. The van der Waals surface area contributed by atoms with Crippen LogP contribution in [-0.4, -0.2) is 22.0 Å². The fourth-order valence-corrected chi connectivity index (χ4v) is 3.72. The molecule has 1 aromatic heterocycles. The van der Waals surface area contributed by atoms with Crippen LogP contribution in [0.25, 0.3) is 11.0 Å². The van der Waals surface area contributed by atoms with E-state index in [0.29, 0.717) is 17.2 Å². The number of amides is 2. The summed E-state index contributed by atoms with van der Waals surface area (Å²) in [6.07, 6.45) is 3.98. The zero-order valence-electron chi connectivity index (χ0n) is 14.9. The Balaban J connectivity index is 1.37. The molecule has 4 rings (SSSR count). The Labute approximate surface area is 157 Å². The van der Waals surface area contributed by atoms with Gasteiger partial charge in [0.05, 0.1) is 22.7 Å². The minimum absolute atomic E-state index is 0.121. The molecule has 3 aromatic rings. The quantitative estimate of drug-likeness (QED) is 0.651. The Bertz CT molecular complexity index is 953. The maximum atomic E-state index is 12.3. The number of H-pyrrole nitrogens is 1. The Hall–Kier alpha value is -3.33. The van der Waals surface area contributed by atoms with Crippen molar-refractivity contribution in [1.82, 2.24) is 15.3 Å². The van der Waals surface area contributed by atoms with Crippen molar-refractivity contribution in [2.45, 2.75) is 37.6 Å². The lowest BCUT2D eigenvalue weighted by atomic mass is 9.85. The number of carbonyl (C=O) groups is 1. The summed E-state index contributed by atoms with van der Waals surface area (Å²) in [5.74, 6) is 1.33. The first-order chi connectivity index (χ1) is 13.2. The van der Waals surface area contributed by atoms with E-state index in [2.05, 4.69) is 21.7 Å². The summed E-state index contributed by atoms with van der Waals surface area (Å²) in [6, 6.07) is 16.9. The highest BCUT2D eigenvalue weighted by molar-refractivity contribution is 5.89. The van der Waals surface area contributed by atoms with E-state index in [1.165, 1.54) is 0 Å². The molecule has 0 spiro atoms. The van der Waals surface area contributed by atoms with Crippen LogP contribution >= 0.6 is 0 Å². The van der Waals surface area contributed by atoms with Crippen LogP contribution in [0.2, 0.25) is 0 Å². The topological polar surface area (TPSA) is 93.6 Å². The zero-order chi connectivity index (χ0) is 18.6. The summed E-state index contributed by atoms with van der Waals surface area (Å²) >= 11 is 0. The molecule has 6 heteroatoms. The van der Waals surface area contributed by atoms with Crippen LogP contribution in [0.1, 0.15) is 43.0 Å². The number of rotatable bonds is 3. The van der Waals surface area contributed by atoms with Crippen LogP contribution in [0.3, 0.4) is 0 Å². The van der Waals surface area contributed by atoms with Crippen LogP contribution in [0.5, 0.6) is 0 Å². The first kappa shape index (κ1) is 17.1. The molecular weight excluding hydrogens is 338 g/mol. The molecule has 27 heavy (non-hydrogen) atoms. The van der Waals surface area contributed by atoms with Crippen molar-refractivity contribution in [2.75, 3.05) is 5.32 Å². The minimum atomic E-state index is -0.213. The number of hydrogen-bond donors (Lipinski definition) is 3. The fourth-order valence-electron chi connectivity index (χ4n) is 3.72. The molecule has 0 bridgehead atoms. The van der Waals surface area contributed by atoms with Crippen LogP contribution < -0.4 is 10.6 Å². The van der Waals surface area contributed by atoms with Crippen molar-refractivity contribution in [2.24, 2.45) is 0 Å². The van der Waals surface area contributed by atoms with Gasteiger partial charge in [-0.1, -0.05) is 18.6 Å². The van der Waals surface area contributed by atoms with E-state index >= 15 is 0 Å². The fraction of sp³-hybridized carbons (Fsp3) is 0.286. The third-order valence-corrected chi connectivity index (χ3v) is 5.08. The Morgan fingerprint density at radius 3 is 2.74 bits per heavy atom. The molecule has 0 aliphatic heterocycles. The number of nitrogens with zero attached hydrogens (tertiary/aromatic N) is 2. The Morgan fingerprint density at radius 1 is 1.15 bits per heavy atom. The number of hydrogen-bond acceptors (Lipinski definition) is 3. The largest absolute Gasteiger partial charge is 0.342 e. The summed E-state index contributed by atoms with van der Waals surface area (Å²) in [4.78, 5) is 20.5. The molecule has 1 fully saturated rings. The highest BCUT2D eigenvalue weighted by Gasteiger charge is 2.26. The van der Waals surface area contributed by atoms with Gasteiger partial charge >= 0.3 is 6.03 Å². The van der Waals surface area contributed by atoms with Crippen molar-refractivity contribution in [1.29, 1.82) is 5.26 Å². The van der Waals surface area contributed by atoms with Crippen molar-refractivity contribution in [3.05, 3.63) is 59.9 Å². The monoisotopic (exact) mass is 359 g/mol. The number of benzene rings is 2. The predicted molar refractivity (Wildman–Crippen MR) is 104 cm³/mol. The molecular formula is C21H21N5O. The van der Waals surface area contributed by atoms with Crippen LogP contribution in [0, 0.1) is 11.3 Å². The second-order valence-corrected chi connectivity index (χ2v) is 6.99. The molecule has 1 heterocycles. The molecule has 2 amide bonds. The molecule has 1 aliphatic rings. The normalized spacial score (nSPS) is 19.4. The average Bonchev–Trinajstić information content (AvgIpc) is 3.13. The number of imidazole rings is 1. The number of carbonyl (C=O) groups excluding carboxylic acids is 1. The molecule has 2 atom stereocenters. The van der Waals surface area contributed by atoms with Gasteiger partial charge in [0.2, 0.25) is 0 Å². The van der Waals surface area contributed by atoms with Gasteiger partial charge in [0, 0.05) is 17.6 Å². The second kappa shape index (κ2) is 7.50. The number of urea groups is 1.